The molecular weight excluding hydrogens is 442 g/mol. The van der Waals surface area contributed by atoms with Crippen molar-refractivity contribution in [3.8, 4) is 0 Å². The van der Waals surface area contributed by atoms with Gasteiger partial charge in [0, 0.05) is 25.3 Å². The average molecular weight is 476 g/mol. The molecule has 7 heteroatoms. The molecule has 0 saturated heterocycles. The van der Waals surface area contributed by atoms with Crippen LogP contribution in [0.25, 0.3) is 10.8 Å². The van der Waals surface area contributed by atoms with Crippen LogP contribution in [-0.4, -0.2) is 29.0 Å². The van der Waals surface area contributed by atoms with E-state index in [4.69, 9.17) is 5.21 Å². The van der Waals surface area contributed by atoms with Gasteiger partial charge in [0.25, 0.3) is 0 Å². The van der Waals surface area contributed by atoms with Gasteiger partial charge in [-0.15, -0.1) is 0 Å². The summed E-state index contributed by atoms with van der Waals surface area (Å²) in [7, 11) is 0. The third-order valence-electron chi connectivity index (χ3n) is 5.88. The maximum absolute atomic E-state index is 13.2. The van der Waals surface area contributed by atoms with E-state index >= 15 is 0 Å². The van der Waals surface area contributed by atoms with E-state index in [0.29, 0.717) is 19.4 Å². The smallest absolute Gasteiger partial charge is 0.244 e. The second kappa shape index (κ2) is 12.7. The molecule has 35 heavy (non-hydrogen) atoms. The van der Waals surface area contributed by atoms with Gasteiger partial charge in [0.1, 0.15) is 6.04 Å². The summed E-state index contributed by atoms with van der Waals surface area (Å²) in [6.45, 7) is 4.25. The molecule has 3 aromatic rings. The van der Waals surface area contributed by atoms with Crippen LogP contribution in [0.15, 0.2) is 72.8 Å². The summed E-state index contributed by atoms with van der Waals surface area (Å²) in [5.74, 6) is -1.83. The Morgan fingerprint density at radius 3 is 2.20 bits per heavy atom. The Hall–Kier alpha value is -3.71. The van der Waals surface area contributed by atoms with Gasteiger partial charge in [-0.05, 0) is 34.2 Å². The van der Waals surface area contributed by atoms with Gasteiger partial charge >= 0.3 is 0 Å². The number of nitrogens with one attached hydrogen (secondary N) is 3. The number of carbonyl (C=O) groups is 3. The van der Waals surface area contributed by atoms with Crippen molar-refractivity contribution in [1.82, 2.24) is 16.1 Å². The van der Waals surface area contributed by atoms with Crippen LogP contribution in [0.2, 0.25) is 0 Å². The number of rotatable bonds is 11. The molecule has 0 fully saturated rings. The zero-order valence-electron chi connectivity index (χ0n) is 20.2. The molecule has 3 aromatic carbocycles. The predicted octanol–water partition coefficient (Wildman–Crippen LogP) is 3.74. The summed E-state index contributed by atoms with van der Waals surface area (Å²) >= 11 is 0. The molecule has 0 radical (unpaired) electrons. The second-order valence-corrected chi connectivity index (χ2v) is 9.22. The van der Waals surface area contributed by atoms with E-state index < -0.39 is 17.9 Å². The molecule has 0 heterocycles. The van der Waals surface area contributed by atoms with Crippen LogP contribution in [0.3, 0.4) is 0 Å². The largest absolute Gasteiger partial charge is 0.350 e. The maximum atomic E-state index is 13.2. The molecule has 0 aromatic heterocycles. The number of hydrogen-bond donors (Lipinski definition) is 4. The van der Waals surface area contributed by atoms with Crippen molar-refractivity contribution >= 4 is 28.5 Å². The highest BCUT2D eigenvalue weighted by Crippen LogP contribution is 2.19. The van der Waals surface area contributed by atoms with E-state index in [1.165, 1.54) is 0 Å². The SMILES string of the molecule is CC(C)C[C@H](CC(=O)NO)C(=O)N[C@H](Cc1ccc2ccccc2c1)C(=O)NCc1ccccc1. The highest BCUT2D eigenvalue weighted by molar-refractivity contribution is 5.91. The summed E-state index contributed by atoms with van der Waals surface area (Å²) in [6.07, 6.45) is 0.597. The first-order valence-electron chi connectivity index (χ1n) is 11.9. The maximum Gasteiger partial charge on any atom is 0.244 e. The fraction of sp³-hybridized carbons (Fsp3) is 0.321. The molecule has 0 aliphatic heterocycles. The van der Waals surface area contributed by atoms with E-state index in [9.17, 15) is 14.4 Å². The lowest BCUT2D eigenvalue weighted by Gasteiger charge is -2.23. The van der Waals surface area contributed by atoms with Crippen LogP contribution >= 0.6 is 0 Å². The third kappa shape index (κ3) is 7.93. The molecule has 0 aliphatic rings. The van der Waals surface area contributed by atoms with Crippen LogP contribution in [0, 0.1) is 11.8 Å². The van der Waals surface area contributed by atoms with Gasteiger partial charge in [-0.3, -0.25) is 19.6 Å². The lowest BCUT2D eigenvalue weighted by atomic mass is 9.92. The minimum absolute atomic E-state index is 0.156. The molecule has 0 spiro atoms. The average Bonchev–Trinajstić information content (AvgIpc) is 2.86. The molecule has 3 amide bonds. The second-order valence-electron chi connectivity index (χ2n) is 9.22. The van der Waals surface area contributed by atoms with E-state index in [-0.39, 0.29) is 24.2 Å². The van der Waals surface area contributed by atoms with E-state index in [2.05, 4.69) is 10.6 Å². The molecule has 3 rings (SSSR count). The first-order chi connectivity index (χ1) is 16.9. The van der Waals surface area contributed by atoms with Gasteiger partial charge < -0.3 is 10.6 Å². The normalized spacial score (nSPS) is 12.7. The molecule has 0 bridgehead atoms. The van der Waals surface area contributed by atoms with Crippen LogP contribution in [-0.2, 0) is 27.3 Å². The van der Waals surface area contributed by atoms with Gasteiger partial charge in [-0.25, -0.2) is 5.48 Å². The molecular formula is C28H33N3O4. The first-order valence-corrected chi connectivity index (χ1v) is 11.9. The Balaban J connectivity index is 1.79. The summed E-state index contributed by atoms with van der Waals surface area (Å²) in [5.41, 5.74) is 3.46. The highest BCUT2D eigenvalue weighted by atomic mass is 16.5. The van der Waals surface area contributed by atoms with Crippen LogP contribution < -0.4 is 16.1 Å². The lowest BCUT2D eigenvalue weighted by Crippen LogP contribution is -2.50. The van der Waals surface area contributed by atoms with Crippen molar-refractivity contribution in [2.24, 2.45) is 11.8 Å². The Kier molecular flexibility index (Phi) is 9.38. The zero-order chi connectivity index (χ0) is 25.2. The number of benzene rings is 3. The summed E-state index contributed by atoms with van der Waals surface area (Å²) < 4.78 is 0. The van der Waals surface area contributed by atoms with Crippen molar-refractivity contribution in [2.45, 2.75) is 45.7 Å². The summed E-state index contributed by atoms with van der Waals surface area (Å²) in [6, 6.07) is 22.7. The predicted molar refractivity (Wildman–Crippen MR) is 135 cm³/mol. The van der Waals surface area contributed by atoms with Crippen molar-refractivity contribution in [3.63, 3.8) is 0 Å². The number of fused-ring (bicyclic) bond motifs is 1. The van der Waals surface area contributed by atoms with E-state index in [1.54, 1.807) is 5.48 Å². The Labute approximate surface area is 205 Å². The number of carbonyl (C=O) groups excluding carboxylic acids is 3. The van der Waals surface area contributed by atoms with Crippen LogP contribution in [0.5, 0.6) is 0 Å². The third-order valence-corrected chi connectivity index (χ3v) is 5.88. The van der Waals surface area contributed by atoms with Gasteiger partial charge in [0.05, 0.1) is 0 Å². The Morgan fingerprint density at radius 1 is 0.829 bits per heavy atom. The van der Waals surface area contributed by atoms with Crippen molar-refractivity contribution in [3.05, 3.63) is 83.9 Å². The molecule has 0 saturated carbocycles. The fourth-order valence-electron chi connectivity index (χ4n) is 4.13. The molecule has 0 unspecified atom stereocenters. The minimum atomic E-state index is -0.820. The Morgan fingerprint density at radius 2 is 1.51 bits per heavy atom. The fourth-order valence-corrected chi connectivity index (χ4v) is 4.13. The Bertz CT molecular complexity index is 1150. The van der Waals surface area contributed by atoms with Gasteiger partial charge in [-0.1, -0.05) is 86.6 Å². The monoisotopic (exact) mass is 475 g/mol. The standard InChI is InChI=1S/C28H33N3O4/c1-19(2)14-24(17-26(32)31-35)27(33)30-25(28(34)29-18-20-8-4-3-5-9-20)16-21-12-13-22-10-6-7-11-23(22)15-21/h3-13,15,19,24-25,35H,14,16-18H2,1-2H3,(H,29,34)(H,30,33)(H,31,32)/t24-,25-/m1/s1. The minimum Gasteiger partial charge on any atom is -0.350 e. The van der Waals surface area contributed by atoms with Gasteiger partial charge in [0.15, 0.2) is 0 Å². The highest BCUT2D eigenvalue weighted by Gasteiger charge is 2.28. The molecule has 0 aliphatic carbocycles. The lowest BCUT2D eigenvalue weighted by molar-refractivity contribution is -0.136. The molecule has 184 valence electrons. The summed E-state index contributed by atoms with van der Waals surface area (Å²) in [5, 5.41) is 16.9. The van der Waals surface area contributed by atoms with Crippen molar-refractivity contribution in [1.29, 1.82) is 0 Å². The number of hydroxylamine groups is 1. The van der Waals surface area contributed by atoms with E-state index in [1.807, 2.05) is 86.6 Å². The number of amides is 3. The van der Waals surface area contributed by atoms with Gasteiger partial charge in [-0.2, -0.15) is 0 Å². The molecule has 7 nitrogen and oxygen atoms in total. The van der Waals surface area contributed by atoms with Crippen LogP contribution in [0.1, 0.15) is 37.8 Å². The molecule has 2 atom stereocenters. The summed E-state index contributed by atoms with van der Waals surface area (Å²) in [4.78, 5) is 38.1. The van der Waals surface area contributed by atoms with E-state index in [0.717, 1.165) is 21.9 Å². The van der Waals surface area contributed by atoms with Crippen molar-refractivity contribution in [2.75, 3.05) is 0 Å². The van der Waals surface area contributed by atoms with Gasteiger partial charge in [0.2, 0.25) is 17.7 Å². The van der Waals surface area contributed by atoms with Crippen molar-refractivity contribution < 1.29 is 19.6 Å². The zero-order valence-corrected chi connectivity index (χ0v) is 20.2. The number of hydrogen-bond acceptors (Lipinski definition) is 4. The van der Waals surface area contributed by atoms with Crippen LogP contribution in [0.4, 0.5) is 0 Å². The first kappa shape index (κ1) is 25.9. The molecule has 4 N–H and O–H groups in total. The topological polar surface area (TPSA) is 108 Å². The quantitative estimate of drug-likeness (QED) is 0.250.